The van der Waals surface area contributed by atoms with Crippen molar-refractivity contribution in [1.82, 2.24) is 0 Å². The second kappa shape index (κ2) is 39.1. The van der Waals surface area contributed by atoms with Crippen molar-refractivity contribution in [3.05, 3.63) is 97.2 Å². The van der Waals surface area contributed by atoms with Gasteiger partial charge in [0.25, 0.3) is 0 Å². The summed E-state index contributed by atoms with van der Waals surface area (Å²) in [5.41, 5.74) is 0. The van der Waals surface area contributed by atoms with Gasteiger partial charge in [0.15, 0.2) is 6.10 Å². The Morgan fingerprint density at radius 3 is 1.56 bits per heavy atom. The van der Waals surface area contributed by atoms with Crippen molar-refractivity contribution in [3.63, 3.8) is 0 Å². The minimum absolute atomic E-state index is 0.0167. The van der Waals surface area contributed by atoms with Crippen molar-refractivity contribution >= 4 is 17.9 Å². The first-order valence-corrected chi connectivity index (χ1v) is 21.8. The first kappa shape index (κ1) is 53.2. The standard InChI is InChI=1S/C49H79NO7/c1-6-8-10-12-14-16-18-20-21-22-23-24-25-26-28-30-32-34-36-38-40-48(52)57-45(43-55-42-41-46(49(53)54)50(3,4)5)44-56-47(51)39-37-35-33-31-29-27-19-17-15-13-11-9-7-2/h8-11,13-17,19-21,23-24,26,28,45-46H,6-7,12,18,22,25,27,29-44H2,1-5H3/b10-8+,11-9+,15-13+,16-14+,19-17+,21-20+,24-23+,28-26+. The van der Waals surface area contributed by atoms with Gasteiger partial charge in [0, 0.05) is 19.3 Å². The summed E-state index contributed by atoms with van der Waals surface area (Å²) in [6.45, 7) is 4.34. The Morgan fingerprint density at radius 2 is 1.02 bits per heavy atom. The molecule has 57 heavy (non-hydrogen) atoms. The number of carbonyl (C=O) groups is 3. The first-order chi connectivity index (χ1) is 27.6. The molecule has 2 atom stereocenters. The molecule has 0 aromatic heterocycles. The number of rotatable bonds is 37. The molecule has 0 aliphatic rings. The number of nitrogens with zero attached hydrogens (tertiary/aromatic N) is 1. The quantitative estimate of drug-likeness (QED) is 0.0203. The van der Waals surface area contributed by atoms with Crippen LogP contribution in [0.5, 0.6) is 0 Å². The molecule has 0 aromatic carbocycles. The van der Waals surface area contributed by atoms with Crippen molar-refractivity contribution in [2.75, 3.05) is 41.0 Å². The van der Waals surface area contributed by atoms with E-state index in [2.05, 4.69) is 98.9 Å². The van der Waals surface area contributed by atoms with Crippen LogP contribution in [0, 0.1) is 0 Å². The zero-order valence-corrected chi connectivity index (χ0v) is 36.5. The third-order valence-electron chi connectivity index (χ3n) is 9.03. The zero-order chi connectivity index (χ0) is 42.1. The highest BCUT2D eigenvalue weighted by atomic mass is 16.6. The summed E-state index contributed by atoms with van der Waals surface area (Å²) in [6, 6.07) is -0.739. The molecule has 0 spiro atoms. The SMILES string of the molecule is CC/C=C/C=C/C=C/CCCCCCCC(=O)OCC(COCCC(C(=O)[O-])[N+](C)(C)C)OC(=O)CCCCCC/C=C/C/C=C/C/C=C/C/C=C/C/C=C/CC. The first-order valence-electron chi connectivity index (χ1n) is 21.8. The molecule has 0 N–H and O–H groups in total. The molecule has 8 heteroatoms. The van der Waals surface area contributed by atoms with E-state index in [0.717, 1.165) is 109 Å². The van der Waals surface area contributed by atoms with E-state index in [1.807, 2.05) is 12.2 Å². The Hall–Kier alpha value is -3.75. The lowest BCUT2D eigenvalue weighted by Crippen LogP contribution is -2.55. The Balaban J connectivity index is 4.44. The minimum atomic E-state index is -1.14. The number of carboxylic acid groups (broad SMARTS) is 1. The van der Waals surface area contributed by atoms with Crippen LogP contribution >= 0.6 is 0 Å². The van der Waals surface area contributed by atoms with Crippen LogP contribution in [0.15, 0.2) is 97.2 Å². The molecule has 0 radical (unpaired) electrons. The van der Waals surface area contributed by atoms with Crippen LogP contribution < -0.4 is 5.11 Å². The van der Waals surface area contributed by atoms with Crippen LogP contribution in [0.2, 0.25) is 0 Å². The van der Waals surface area contributed by atoms with Crippen LogP contribution in [0.4, 0.5) is 0 Å². The lowest BCUT2D eigenvalue weighted by Gasteiger charge is -2.34. The second-order valence-electron chi connectivity index (χ2n) is 15.2. The van der Waals surface area contributed by atoms with Gasteiger partial charge in [0.05, 0.1) is 40.3 Å². The number of esters is 2. The molecule has 0 bridgehead atoms. The molecule has 0 aromatic rings. The van der Waals surface area contributed by atoms with Gasteiger partial charge in [-0.3, -0.25) is 9.59 Å². The number of carbonyl (C=O) groups excluding carboxylic acids is 3. The Bertz CT molecular complexity index is 1250. The third-order valence-corrected chi connectivity index (χ3v) is 9.03. The number of ether oxygens (including phenoxy) is 3. The van der Waals surface area contributed by atoms with E-state index < -0.39 is 18.1 Å². The van der Waals surface area contributed by atoms with Gasteiger partial charge in [0.2, 0.25) is 0 Å². The maximum Gasteiger partial charge on any atom is 0.306 e. The van der Waals surface area contributed by atoms with Gasteiger partial charge >= 0.3 is 11.9 Å². The van der Waals surface area contributed by atoms with E-state index in [0.29, 0.717) is 6.42 Å². The topological polar surface area (TPSA) is 102 Å². The molecular weight excluding hydrogens is 715 g/mol. The van der Waals surface area contributed by atoms with Crippen LogP contribution in [-0.4, -0.2) is 75.5 Å². The van der Waals surface area contributed by atoms with Crippen LogP contribution in [0.25, 0.3) is 0 Å². The maximum absolute atomic E-state index is 12.7. The summed E-state index contributed by atoms with van der Waals surface area (Å²) in [4.78, 5) is 36.8. The van der Waals surface area contributed by atoms with E-state index in [1.165, 1.54) is 0 Å². The highest BCUT2D eigenvalue weighted by Gasteiger charge is 2.25. The number of likely N-dealkylation sites (N-methyl/N-ethyl adjacent to an activating group) is 1. The van der Waals surface area contributed by atoms with Gasteiger partial charge in [-0.2, -0.15) is 0 Å². The molecule has 322 valence electrons. The predicted octanol–water partition coefficient (Wildman–Crippen LogP) is 10.6. The molecule has 8 nitrogen and oxygen atoms in total. The van der Waals surface area contributed by atoms with Gasteiger partial charge in [-0.25, -0.2) is 0 Å². The molecular formula is C49H79NO7. The molecule has 0 fully saturated rings. The van der Waals surface area contributed by atoms with Crippen molar-refractivity contribution in [1.29, 1.82) is 0 Å². The van der Waals surface area contributed by atoms with E-state index in [1.54, 1.807) is 21.1 Å². The largest absolute Gasteiger partial charge is 0.544 e. The van der Waals surface area contributed by atoms with Gasteiger partial charge < -0.3 is 28.6 Å². The number of quaternary nitrogens is 1. The molecule has 0 aliphatic heterocycles. The fourth-order valence-electron chi connectivity index (χ4n) is 5.68. The Labute approximate surface area is 347 Å². The van der Waals surface area contributed by atoms with Crippen molar-refractivity contribution < 1.29 is 38.2 Å². The number of aliphatic carboxylic acids is 1. The van der Waals surface area contributed by atoms with Crippen molar-refractivity contribution in [2.45, 2.75) is 154 Å². The summed E-state index contributed by atoms with van der Waals surface area (Å²) in [5, 5.41) is 11.6. The van der Waals surface area contributed by atoms with Crippen LogP contribution in [0.3, 0.4) is 0 Å². The third kappa shape index (κ3) is 37.6. The molecule has 0 saturated carbocycles. The molecule has 0 rings (SSSR count). The molecule has 0 heterocycles. The Kier molecular flexibility index (Phi) is 36.5. The average molecular weight is 794 g/mol. The van der Waals surface area contributed by atoms with Gasteiger partial charge in [-0.15, -0.1) is 0 Å². The number of hydrogen-bond acceptors (Lipinski definition) is 7. The predicted molar refractivity (Wildman–Crippen MR) is 235 cm³/mol. The summed E-state index contributed by atoms with van der Waals surface area (Å²) in [6.07, 6.45) is 51.5. The fourth-order valence-corrected chi connectivity index (χ4v) is 5.68. The highest BCUT2D eigenvalue weighted by Crippen LogP contribution is 2.12. The summed E-state index contributed by atoms with van der Waals surface area (Å²) >= 11 is 0. The number of carboxylic acids is 1. The van der Waals surface area contributed by atoms with E-state index in [9.17, 15) is 19.5 Å². The fraction of sp³-hybridized carbons (Fsp3) is 0.612. The lowest BCUT2D eigenvalue weighted by atomic mass is 10.1. The van der Waals surface area contributed by atoms with Crippen molar-refractivity contribution in [3.8, 4) is 0 Å². The Morgan fingerprint density at radius 1 is 0.544 bits per heavy atom. The van der Waals surface area contributed by atoms with Gasteiger partial charge in [0.1, 0.15) is 12.6 Å². The minimum Gasteiger partial charge on any atom is -0.544 e. The number of allylic oxidation sites excluding steroid dienone is 16. The molecule has 0 aliphatic carbocycles. The highest BCUT2D eigenvalue weighted by molar-refractivity contribution is 5.70. The summed E-state index contributed by atoms with van der Waals surface area (Å²) < 4.78 is 17.1. The summed E-state index contributed by atoms with van der Waals surface area (Å²) in [5.74, 6) is -1.81. The average Bonchev–Trinajstić information content (AvgIpc) is 3.17. The monoisotopic (exact) mass is 794 g/mol. The van der Waals surface area contributed by atoms with Gasteiger partial charge in [-0.1, -0.05) is 143 Å². The summed E-state index contributed by atoms with van der Waals surface area (Å²) in [7, 11) is 5.38. The second-order valence-corrected chi connectivity index (χ2v) is 15.2. The van der Waals surface area contributed by atoms with Crippen molar-refractivity contribution in [2.24, 2.45) is 0 Å². The molecule has 0 amide bonds. The zero-order valence-electron chi connectivity index (χ0n) is 36.5. The van der Waals surface area contributed by atoms with Gasteiger partial charge in [-0.05, 0) is 77.0 Å². The molecule has 2 unspecified atom stereocenters. The van der Waals surface area contributed by atoms with Crippen LogP contribution in [0.1, 0.15) is 142 Å². The normalized spacial score (nSPS) is 13.9. The lowest BCUT2D eigenvalue weighted by molar-refractivity contribution is -0.889. The van der Waals surface area contributed by atoms with E-state index in [-0.39, 0.29) is 49.1 Å². The number of unbranched alkanes of at least 4 members (excludes halogenated alkanes) is 9. The molecule has 0 saturated heterocycles. The van der Waals surface area contributed by atoms with E-state index >= 15 is 0 Å². The number of hydrogen-bond donors (Lipinski definition) is 0. The van der Waals surface area contributed by atoms with E-state index in [4.69, 9.17) is 14.2 Å². The smallest absolute Gasteiger partial charge is 0.306 e. The van der Waals surface area contributed by atoms with Crippen LogP contribution in [-0.2, 0) is 28.6 Å². The maximum atomic E-state index is 12.7.